The van der Waals surface area contributed by atoms with Crippen LogP contribution in [0.15, 0.2) is 66.7 Å². The molecule has 0 fully saturated rings. The smallest absolute Gasteiger partial charge is 0.338 e. The van der Waals surface area contributed by atoms with E-state index in [1.807, 2.05) is 0 Å². The average molecular weight is 478 g/mol. The van der Waals surface area contributed by atoms with E-state index < -0.39 is 36.1 Å². The summed E-state index contributed by atoms with van der Waals surface area (Å²) < 4.78 is 9.99. The van der Waals surface area contributed by atoms with Gasteiger partial charge in [-0.15, -0.1) is 0 Å². The molecule has 1 aliphatic heterocycles. The molecule has 9 heteroatoms. The second-order valence-electron chi connectivity index (χ2n) is 7.30. The SMILES string of the molecule is CC(=O)Oc1ccc(C(=O)COC(=O)c2ccc3c(c2)C(=O)N(c2ccc(Cl)cc2)C3=O)cc1. The molecule has 1 aliphatic rings. The zero-order valence-corrected chi connectivity index (χ0v) is 18.5. The predicted molar refractivity (Wildman–Crippen MR) is 121 cm³/mol. The van der Waals surface area contributed by atoms with E-state index in [0.29, 0.717) is 10.7 Å². The maximum absolute atomic E-state index is 12.8. The van der Waals surface area contributed by atoms with Gasteiger partial charge in [0.1, 0.15) is 5.75 Å². The van der Waals surface area contributed by atoms with Gasteiger partial charge < -0.3 is 9.47 Å². The van der Waals surface area contributed by atoms with Gasteiger partial charge in [-0.2, -0.15) is 0 Å². The normalized spacial score (nSPS) is 12.4. The highest BCUT2D eigenvalue weighted by Crippen LogP contribution is 2.30. The van der Waals surface area contributed by atoms with E-state index in [9.17, 15) is 24.0 Å². The zero-order valence-electron chi connectivity index (χ0n) is 17.7. The lowest BCUT2D eigenvalue weighted by Crippen LogP contribution is -2.29. The summed E-state index contributed by atoms with van der Waals surface area (Å²) in [6.07, 6.45) is 0. The Kier molecular flexibility index (Phi) is 6.25. The first kappa shape index (κ1) is 22.9. The Balaban J connectivity index is 1.44. The number of hydrogen-bond acceptors (Lipinski definition) is 7. The van der Waals surface area contributed by atoms with Crippen molar-refractivity contribution in [1.29, 1.82) is 0 Å². The number of carbonyl (C=O) groups excluding carboxylic acids is 5. The van der Waals surface area contributed by atoms with Gasteiger partial charge in [0, 0.05) is 17.5 Å². The number of halogens is 1. The van der Waals surface area contributed by atoms with Crippen LogP contribution < -0.4 is 9.64 Å². The fourth-order valence-electron chi connectivity index (χ4n) is 3.37. The molecule has 0 radical (unpaired) electrons. The molecular weight excluding hydrogens is 462 g/mol. The lowest BCUT2D eigenvalue weighted by Gasteiger charge is -2.13. The first-order valence-corrected chi connectivity index (χ1v) is 10.4. The van der Waals surface area contributed by atoms with Crippen molar-refractivity contribution in [2.45, 2.75) is 6.92 Å². The molecule has 0 unspecified atom stereocenters. The van der Waals surface area contributed by atoms with Crippen LogP contribution in [-0.2, 0) is 9.53 Å². The molecule has 0 saturated carbocycles. The Bertz CT molecular complexity index is 1330. The third-order valence-corrected chi connectivity index (χ3v) is 5.23. The number of amides is 2. The second kappa shape index (κ2) is 9.29. The topological polar surface area (TPSA) is 107 Å². The molecular formula is C25H16ClNO7. The minimum absolute atomic E-state index is 0.0239. The van der Waals surface area contributed by atoms with Crippen LogP contribution >= 0.6 is 11.6 Å². The van der Waals surface area contributed by atoms with Gasteiger partial charge in [0.2, 0.25) is 0 Å². The van der Waals surface area contributed by atoms with Gasteiger partial charge in [-0.05, 0) is 66.7 Å². The van der Waals surface area contributed by atoms with Gasteiger partial charge in [-0.25, -0.2) is 9.69 Å². The van der Waals surface area contributed by atoms with E-state index in [-0.39, 0.29) is 28.0 Å². The van der Waals surface area contributed by atoms with Crippen LogP contribution in [-0.4, -0.2) is 36.1 Å². The van der Waals surface area contributed by atoms with E-state index in [2.05, 4.69) is 0 Å². The number of Topliss-reactive ketones (excluding diaryl/α,β-unsaturated/α-hetero) is 1. The standard InChI is InChI=1S/C25H16ClNO7/c1-14(28)34-19-9-2-15(3-10-19)22(29)13-33-25(32)16-4-11-20-21(12-16)24(31)27(23(20)30)18-7-5-17(26)6-8-18/h2-12H,13H2,1H3. The van der Waals surface area contributed by atoms with Crippen LogP contribution in [0.25, 0.3) is 0 Å². The van der Waals surface area contributed by atoms with Crippen LogP contribution in [0.3, 0.4) is 0 Å². The van der Waals surface area contributed by atoms with Crippen molar-refractivity contribution in [2.75, 3.05) is 11.5 Å². The molecule has 1 heterocycles. The van der Waals surface area contributed by atoms with Crippen molar-refractivity contribution in [2.24, 2.45) is 0 Å². The van der Waals surface area contributed by atoms with Crippen molar-refractivity contribution in [3.05, 3.63) is 94.0 Å². The lowest BCUT2D eigenvalue weighted by molar-refractivity contribution is -0.131. The van der Waals surface area contributed by atoms with Gasteiger partial charge in [-0.3, -0.25) is 19.2 Å². The molecule has 0 aliphatic carbocycles. The van der Waals surface area contributed by atoms with Crippen LogP contribution in [0, 0.1) is 0 Å². The number of ketones is 1. The Hall–Kier alpha value is -4.30. The average Bonchev–Trinajstić information content (AvgIpc) is 3.07. The third-order valence-electron chi connectivity index (χ3n) is 4.98. The van der Waals surface area contributed by atoms with Crippen LogP contribution in [0.1, 0.15) is 48.4 Å². The largest absolute Gasteiger partial charge is 0.454 e. The molecule has 2 amide bonds. The molecule has 8 nitrogen and oxygen atoms in total. The Labute approximate surface area is 198 Å². The van der Waals surface area contributed by atoms with E-state index in [4.69, 9.17) is 21.1 Å². The van der Waals surface area contributed by atoms with E-state index >= 15 is 0 Å². The highest BCUT2D eigenvalue weighted by Gasteiger charge is 2.37. The highest BCUT2D eigenvalue weighted by molar-refractivity contribution is 6.35. The van der Waals surface area contributed by atoms with Gasteiger partial charge in [0.25, 0.3) is 11.8 Å². The number of rotatable bonds is 6. The fourth-order valence-corrected chi connectivity index (χ4v) is 3.49. The predicted octanol–water partition coefficient (Wildman–Crippen LogP) is 4.11. The van der Waals surface area contributed by atoms with E-state index in [1.165, 1.54) is 49.4 Å². The maximum atomic E-state index is 12.8. The zero-order chi connectivity index (χ0) is 24.4. The second-order valence-corrected chi connectivity index (χ2v) is 7.74. The summed E-state index contributed by atoms with van der Waals surface area (Å²) in [5, 5.41) is 0.459. The molecule has 0 bridgehead atoms. The Morgan fingerprint density at radius 3 is 2.09 bits per heavy atom. The number of fused-ring (bicyclic) bond motifs is 1. The van der Waals surface area contributed by atoms with E-state index in [0.717, 1.165) is 4.90 Å². The van der Waals surface area contributed by atoms with Crippen molar-refractivity contribution in [3.63, 3.8) is 0 Å². The molecule has 3 aromatic rings. The number of imide groups is 1. The number of anilines is 1. The number of benzene rings is 3. The molecule has 0 spiro atoms. The summed E-state index contributed by atoms with van der Waals surface area (Å²) in [4.78, 5) is 62.3. The van der Waals surface area contributed by atoms with Crippen molar-refractivity contribution in [3.8, 4) is 5.75 Å². The number of nitrogens with zero attached hydrogens (tertiary/aromatic N) is 1. The molecule has 0 N–H and O–H groups in total. The van der Waals surface area contributed by atoms with Gasteiger partial charge in [0.15, 0.2) is 12.4 Å². The molecule has 4 rings (SSSR count). The maximum Gasteiger partial charge on any atom is 0.338 e. The minimum Gasteiger partial charge on any atom is -0.454 e. The first-order chi connectivity index (χ1) is 16.2. The summed E-state index contributed by atoms with van der Waals surface area (Å²) >= 11 is 5.87. The van der Waals surface area contributed by atoms with Gasteiger partial charge in [-0.1, -0.05) is 11.6 Å². The number of hydrogen-bond donors (Lipinski definition) is 0. The molecule has 34 heavy (non-hydrogen) atoms. The summed E-state index contributed by atoms with van der Waals surface area (Å²) in [5.41, 5.74) is 0.847. The Morgan fingerprint density at radius 1 is 0.824 bits per heavy atom. The number of carbonyl (C=O) groups is 5. The summed E-state index contributed by atoms with van der Waals surface area (Å²) in [7, 11) is 0. The van der Waals surface area contributed by atoms with Gasteiger partial charge in [0.05, 0.1) is 22.4 Å². The quantitative estimate of drug-likeness (QED) is 0.227. The van der Waals surface area contributed by atoms with Crippen LogP contribution in [0.2, 0.25) is 5.02 Å². The van der Waals surface area contributed by atoms with E-state index in [1.54, 1.807) is 24.3 Å². The molecule has 170 valence electrons. The highest BCUT2D eigenvalue weighted by atomic mass is 35.5. The van der Waals surface area contributed by atoms with Crippen molar-refractivity contribution in [1.82, 2.24) is 0 Å². The van der Waals surface area contributed by atoms with Crippen LogP contribution in [0.4, 0.5) is 5.69 Å². The number of ether oxygens (including phenoxy) is 2. The first-order valence-electron chi connectivity index (χ1n) is 10.0. The molecule has 3 aromatic carbocycles. The molecule has 0 saturated heterocycles. The third kappa shape index (κ3) is 4.57. The summed E-state index contributed by atoms with van der Waals surface area (Å²) in [5.74, 6) is -2.60. The minimum atomic E-state index is -0.821. The van der Waals surface area contributed by atoms with Crippen molar-refractivity contribution >= 4 is 46.8 Å². The monoisotopic (exact) mass is 477 g/mol. The van der Waals surface area contributed by atoms with Gasteiger partial charge >= 0.3 is 11.9 Å². The summed E-state index contributed by atoms with van der Waals surface area (Å²) in [6.45, 7) is 0.725. The van der Waals surface area contributed by atoms with Crippen molar-refractivity contribution < 1.29 is 33.4 Å². The number of esters is 2. The summed E-state index contributed by atoms with van der Waals surface area (Å²) in [6, 6.07) is 16.0. The fraction of sp³-hybridized carbons (Fsp3) is 0.0800. The molecule has 0 aromatic heterocycles. The Morgan fingerprint density at radius 2 is 1.44 bits per heavy atom. The lowest BCUT2D eigenvalue weighted by atomic mass is 10.1. The van der Waals surface area contributed by atoms with Crippen LogP contribution in [0.5, 0.6) is 5.75 Å². The molecule has 0 atom stereocenters.